The number of halogens is 1. The number of aromatic nitrogens is 2. The van der Waals surface area contributed by atoms with E-state index in [0.717, 1.165) is 36.4 Å². The molecular formula is C16H19ClN2OS. The molecule has 0 N–H and O–H groups in total. The van der Waals surface area contributed by atoms with Crippen LogP contribution in [-0.4, -0.2) is 21.1 Å². The van der Waals surface area contributed by atoms with Gasteiger partial charge in [-0.2, -0.15) is 11.8 Å². The molecule has 1 fully saturated rings. The molecule has 2 aromatic rings. The number of thioether (sulfide) groups is 1. The maximum atomic E-state index is 12.8. The summed E-state index contributed by atoms with van der Waals surface area (Å²) < 4.78 is 1.85. The maximum absolute atomic E-state index is 12.8. The molecular weight excluding hydrogens is 304 g/mol. The highest BCUT2D eigenvalue weighted by molar-refractivity contribution is 7.99. The van der Waals surface area contributed by atoms with Crippen molar-refractivity contribution in [2.75, 3.05) is 6.26 Å². The molecule has 1 aromatic heterocycles. The Hall–Kier alpha value is -1.00. The van der Waals surface area contributed by atoms with Gasteiger partial charge in [0.15, 0.2) is 0 Å². The van der Waals surface area contributed by atoms with Gasteiger partial charge in [-0.05, 0) is 44.1 Å². The van der Waals surface area contributed by atoms with E-state index in [0.29, 0.717) is 11.2 Å². The largest absolute Gasteiger partial charge is 0.292 e. The Morgan fingerprint density at radius 1 is 1.29 bits per heavy atom. The number of nitrogens with zero attached hydrogens (tertiary/aromatic N) is 2. The Morgan fingerprint density at radius 2 is 2.00 bits per heavy atom. The van der Waals surface area contributed by atoms with Crippen LogP contribution < -0.4 is 5.56 Å². The van der Waals surface area contributed by atoms with Crippen molar-refractivity contribution in [3.05, 3.63) is 40.4 Å². The van der Waals surface area contributed by atoms with Crippen molar-refractivity contribution >= 4 is 34.3 Å². The summed E-state index contributed by atoms with van der Waals surface area (Å²) in [4.78, 5) is 17.4. The minimum atomic E-state index is 0.0591. The van der Waals surface area contributed by atoms with Crippen LogP contribution >= 0.6 is 23.4 Å². The predicted molar refractivity (Wildman–Crippen MR) is 90.4 cm³/mol. The lowest BCUT2D eigenvalue weighted by Gasteiger charge is -2.30. The molecule has 1 aliphatic carbocycles. The van der Waals surface area contributed by atoms with Gasteiger partial charge in [0, 0.05) is 11.3 Å². The van der Waals surface area contributed by atoms with Gasteiger partial charge >= 0.3 is 0 Å². The molecule has 0 unspecified atom stereocenters. The monoisotopic (exact) mass is 322 g/mol. The third kappa shape index (κ3) is 2.84. The van der Waals surface area contributed by atoms with Crippen LogP contribution in [0, 0.1) is 0 Å². The van der Waals surface area contributed by atoms with Crippen LogP contribution in [-0.2, 0) is 5.88 Å². The summed E-state index contributed by atoms with van der Waals surface area (Å²) >= 11 is 7.98. The zero-order chi connectivity index (χ0) is 14.8. The van der Waals surface area contributed by atoms with E-state index in [4.69, 9.17) is 11.6 Å². The number of hydrogen-bond donors (Lipinski definition) is 0. The lowest BCUT2D eigenvalue weighted by molar-refractivity contribution is 0.345. The van der Waals surface area contributed by atoms with Gasteiger partial charge in [-0.1, -0.05) is 12.1 Å². The quantitative estimate of drug-likeness (QED) is 0.802. The highest BCUT2D eigenvalue weighted by Crippen LogP contribution is 2.33. The molecule has 1 aromatic carbocycles. The lowest BCUT2D eigenvalue weighted by Crippen LogP contribution is -2.31. The first-order chi connectivity index (χ1) is 10.2. The van der Waals surface area contributed by atoms with Crippen LogP contribution in [0.2, 0.25) is 0 Å². The molecule has 0 bridgehead atoms. The molecule has 3 nitrogen and oxygen atoms in total. The van der Waals surface area contributed by atoms with E-state index in [9.17, 15) is 4.79 Å². The molecule has 0 aliphatic heterocycles. The van der Waals surface area contributed by atoms with Gasteiger partial charge in [-0.15, -0.1) is 11.6 Å². The summed E-state index contributed by atoms with van der Waals surface area (Å²) in [5.41, 5.74) is 0.802. The number of rotatable bonds is 3. The summed E-state index contributed by atoms with van der Waals surface area (Å²) in [6.45, 7) is 0. The van der Waals surface area contributed by atoms with Crippen LogP contribution in [0.3, 0.4) is 0 Å². The third-order valence-electron chi connectivity index (χ3n) is 4.34. The molecule has 5 heteroatoms. The minimum absolute atomic E-state index is 0.0591. The summed E-state index contributed by atoms with van der Waals surface area (Å²) in [5.74, 6) is 0.982. The van der Waals surface area contributed by atoms with E-state index in [-0.39, 0.29) is 17.5 Å². The minimum Gasteiger partial charge on any atom is -0.292 e. The Bertz CT molecular complexity index is 692. The van der Waals surface area contributed by atoms with Gasteiger partial charge in [0.05, 0.1) is 16.8 Å². The maximum Gasteiger partial charge on any atom is 0.261 e. The normalized spacial score (nSPS) is 22.6. The van der Waals surface area contributed by atoms with Gasteiger partial charge in [0.1, 0.15) is 5.82 Å². The second kappa shape index (κ2) is 6.41. The summed E-state index contributed by atoms with van der Waals surface area (Å²) in [6.07, 6.45) is 6.56. The Morgan fingerprint density at radius 3 is 2.67 bits per heavy atom. The van der Waals surface area contributed by atoms with E-state index in [1.165, 1.54) is 0 Å². The van der Waals surface area contributed by atoms with Gasteiger partial charge in [0.25, 0.3) is 5.56 Å². The fourth-order valence-electron chi connectivity index (χ4n) is 3.20. The molecule has 21 heavy (non-hydrogen) atoms. The van der Waals surface area contributed by atoms with E-state index in [2.05, 4.69) is 11.2 Å². The van der Waals surface area contributed by atoms with Crippen molar-refractivity contribution in [2.24, 2.45) is 0 Å². The Kier molecular flexibility index (Phi) is 4.55. The van der Waals surface area contributed by atoms with Crippen molar-refractivity contribution in [3.8, 4) is 0 Å². The highest BCUT2D eigenvalue weighted by atomic mass is 35.5. The second-order valence-corrected chi connectivity index (χ2v) is 6.93. The second-order valence-electron chi connectivity index (χ2n) is 5.52. The third-order valence-corrected chi connectivity index (χ3v) is 5.72. The molecule has 3 rings (SSSR count). The van der Waals surface area contributed by atoms with Crippen LogP contribution in [0.15, 0.2) is 29.1 Å². The zero-order valence-corrected chi connectivity index (χ0v) is 13.7. The first-order valence-electron chi connectivity index (χ1n) is 7.33. The van der Waals surface area contributed by atoms with Crippen molar-refractivity contribution in [1.82, 2.24) is 9.55 Å². The van der Waals surface area contributed by atoms with E-state index < -0.39 is 0 Å². The predicted octanol–water partition coefficient (Wildman–Crippen LogP) is 3.98. The molecule has 0 amide bonds. The fraction of sp³-hybridized carbons (Fsp3) is 0.500. The number of alkyl halides is 1. The number of hydrogen-bond acceptors (Lipinski definition) is 3. The fourth-order valence-corrected chi connectivity index (χ4v) is 4.13. The van der Waals surface area contributed by atoms with Gasteiger partial charge < -0.3 is 0 Å². The first-order valence-corrected chi connectivity index (χ1v) is 9.15. The summed E-state index contributed by atoms with van der Waals surface area (Å²) in [5, 5.41) is 1.42. The molecule has 0 saturated heterocycles. The number of fused-ring (bicyclic) bond motifs is 1. The zero-order valence-electron chi connectivity index (χ0n) is 12.1. The Labute approximate surface area is 133 Å². The molecule has 1 aliphatic rings. The lowest BCUT2D eigenvalue weighted by atomic mass is 9.94. The topological polar surface area (TPSA) is 34.9 Å². The SMILES string of the molecule is CSC1CCC(n2c(CCl)nc3ccccc3c2=O)CC1. The Balaban J connectivity index is 2.05. The average Bonchev–Trinajstić information content (AvgIpc) is 2.55. The average molecular weight is 323 g/mol. The van der Waals surface area contributed by atoms with E-state index in [1.807, 2.05) is 40.6 Å². The summed E-state index contributed by atoms with van der Waals surface area (Å²) in [7, 11) is 0. The molecule has 0 atom stereocenters. The molecule has 0 radical (unpaired) electrons. The van der Waals surface area contributed by atoms with Crippen molar-refractivity contribution < 1.29 is 0 Å². The van der Waals surface area contributed by atoms with Crippen molar-refractivity contribution in [3.63, 3.8) is 0 Å². The first kappa shape index (κ1) is 14.9. The van der Waals surface area contributed by atoms with Crippen molar-refractivity contribution in [2.45, 2.75) is 42.9 Å². The van der Waals surface area contributed by atoms with Gasteiger partial charge in [-0.3, -0.25) is 9.36 Å². The number of para-hydroxylation sites is 1. The van der Waals surface area contributed by atoms with Crippen molar-refractivity contribution in [1.29, 1.82) is 0 Å². The summed E-state index contributed by atoms with van der Waals surface area (Å²) in [6, 6.07) is 7.77. The van der Waals surface area contributed by atoms with E-state index >= 15 is 0 Å². The van der Waals surface area contributed by atoms with Crippen LogP contribution in [0.1, 0.15) is 37.5 Å². The smallest absolute Gasteiger partial charge is 0.261 e. The van der Waals surface area contributed by atoms with Gasteiger partial charge in [0.2, 0.25) is 0 Å². The number of benzene rings is 1. The molecule has 1 heterocycles. The standard InChI is InChI=1S/C16H19ClN2OS/c1-21-12-8-6-11(7-9-12)19-15(10-17)18-14-5-3-2-4-13(14)16(19)20/h2-5,11-12H,6-10H2,1H3. The van der Waals surface area contributed by atoms with Crippen LogP contribution in [0.4, 0.5) is 0 Å². The molecule has 112 valence electrons. The van der Waals surface area contributed by atoms with Crippen LogP contribution in [0.5, 0.6) is 0 Å². The van der Waals surface area contributed by atoms with Gasteiger partial charge in [-0.25, -0.2) is 4.98 Å². The van der Waals surface area contributed by atoms with E-state index in [1.54, 1.807) is 0 Å². The molecule has 1 saturated carbocycles. The highest BCUT2D eigenvalue weighted by Gasteiger charge is 2.25. The molecule has 0 spiro atoms. The van der Waals surface area contributed by atoms with Crippen LogP contribution in [0.25, 0.3) is 10.9 Å².